The Bertz CT molecular complexity index is 946. The molecule has 0 bridgehead atoms. The summed E-state index contributed by atoms with van der Waals surface area (Å²) in [6.07, 6.45) is -4.61. The summed E-state index contributed by atoms with van der Waals surface area (Å²) < 4.78 is 38.6. The highest BCUT2D eigenvalue weighted by molar-refractivity contribution is 6.31. The molecular formula is C16H12ClF3N6O. The minimum absolute atomic E-state index is 0.000858. The number of carbonyl (C=O) groups is 1. The molecule has 0 saturated carbocycles. The van der Waals surface area contributed by atoms with Gasteiger partial charge in [0.05, 0.1) is 17.1 Å². The number of anilines is 2. The second kappa shape index (κ2) is 7.62. The second-order valence-corrected chi connectivity index (χ2v) is 5.82. The van der Waals surface area contributed by atoms with Crippen LogP contribution in [-0.2, 0) is 11.0 Å². The SMILES string of the molecule is O=C(CNc1cccc(-c2nn[nH]n2)c1)Nc1ccc(Cl)c(C(F)(F)F)c1. The molecule has 1 aromatic heterocycles. The first-order valence-corrected chi connectivity index (χ1v) is 7.95. The standard InChI is InChI=1S/C16H12ClF3N6O/c17-13-5-4-11(7-12(13)16(18,19)20)22-14(27)8-21-10-3-1-2-9(6-10)15-23-25-26-24-15/h1-7,21H,8H2,(H,22,27)(H,23,24,25,26). The number of aromatic nitrogens is 4. The summed E-state index contributed by atoms with van der Waals surface area (Å²) in [5.41, 5.74) is 0.281. The highest BCUT2D eigenvalue weighted by Crippen LogP contribution is 2.36. The Labute approximate surface area is 155 Å². The maximum Gasteiger partial charge on any atom is 0.417 e. The number of H-pyrrole nitrogens is 1. The van der Waals surface area contributed by atoms with Gasteiger partial charge in [-0.25, -0.2) is 0 Å². The smallest absolute Gasteiger partial charge is 0.376 e. The van der Waals surface area contributed by atoms with Crippen molar-refractivity contribution >= 4 is 28.9 Å². The van der Waals surface area contributed by atoms with Crippen LogP contribution in [0.5, 0.6) is 0 Å². The van der Waals surface area contributed by atoms with E-state index in [1.165, 1.54) is 6.07 Å². The third-order valence-corrected chi connectivity index (χ3v) is 3.80. The Morgan fingerprint density at radius 3 is 2.67 bits per heavy atom. The molecule has 0 unspecified atom stereocenters. The Morgan fingerprint density at radius 1 is 1.15 bits per heavy atom. The highest BCUT2D eigenvalue weighted by atomic mass is 35.5. The Morgan fingerprint density at radius 2 is 1.96 bits per heavy atom. The van der Waals surface area contributed by atoms with Crippen molar-refractivity contribution in [3.8, 4) is 11.4 Å². The molecule has 3 aromatic rings. The van der Waals surface area contributed by atoms with Crippen molar-refractivity contribution in [2.45, 2.75) is 6.18 Å². The number of benzene rings is 2. The van der Waals surface area contributed by atoms with E-state index in [4.69, 9.17) is 11.6 Å². The Balaban J connectivity index is 1.63. The molecule has 3 N–H and O–H groups in total. The minimum Gasteiger partial charge on any atom is -0.376 e. The van der Waals surface area contributed by atoms with Gasteiger partial charge in [-0.3, -0.25) is 4.79 Å². The molecule has 0 saturated heterocycles. The number of hydrogen-bond acceptors (Lipinski definition) is 5. The zero-order valence-electron chi connectivity index (χ0n) is 13.5. The van der Waals surface area contributed by atoms with Gasteiger partial charge in [0.2, 0.25) is 11.7 Å². The van der Waals surface area contributed by atoms with E-state index in [0.717, 1.165) is 12.1 Å². The van der Waals surface area contributed by atoms with Crippen molar-refractivity contribution in [3.05, 3.63) is 53.1 Å². The molecule has 7 nitrogen and oxygen atoms in total. The largest absolute Gasteiger partial charge is 0.417 e. The molecule has 0 atom stereocenters. The van der Waals surface area contributed by atoms with Crippen LogP contribution in [0.2, 0.25) is 5.02 Å². The quantitative estimate of drug-likeness (QED) is 0.612. The van der Waals surface area contributed by atoms with E-state index in [-0.39, 0.29) is 12.2 Å². The first kappa shape index (κ1) is 18.6. The molecule has 140 valence electrons. The van der Waals surface area contributed by atoms with Crippen LogP contribution in [-0.4, -0.2) is 33.1 Å². The van der Waals surface area contributed by atoms with Crippen LogP contribution in [0, 0.1) is 0 Å². The van der Waals surface area contributed by atoms with Crippen LogP contribution >= 0.6 is 11.6 Å². The molecule has 1 amide bonds. The van der Waals surface area contributed by atoms with Crippen molar-refractivity contribution in [2.75, 3.05) is 17.2 Å². The molecule has 0 fully saturated rings. The predicted molar refractivity (Wildman–Crippen MR) is 93.2 cm³/mol. The molecule has 27 heavy (non-hydrogen) atoms. The van der Waals surface area contributed by atoms with Gasteiger partial charge in [-0.05, 0) is 35.5 Å². The number of carbonyl (C=O) groups excluding carboxylic acids is 1. The minimum atomic E-state index is -4.61. The average Bonchev–Trinajstić information content (AvgIpc) is 3.16. The van der Waals surface area contributed by atoms with Gasteiger partial charge in [0.15, 0.2) is 0 Å². The normalized spacial score (nSPS) is 11.3. The molecule has 11 heteroatoms. The summed E-state index contributed by atoms with van der Waals surface area (Å²) in [4.78, 5) is 12.0. The van der Waals surface area contributed by atoms with Gasteiger partial charge < -0.3 is 10.6 Å². The summed E-state index contributed by atoms with van der Waals surface area (Å²) in [5, 5.41) is 18.4. The molecule has 2 aromatic carbocycles. The number of alkyl halides is 3. The third kappa shape index (κ3) is 4.73. The summed E-state index contributed by atoms with van der Waals surface area (Å²) >= 11 is 5.55. The third-order valence-electron chi connectivity index (χ3n) is 3.47. The molecule has 0 spiro atoms. The van der Waals surface area contributed by atoms with E-state index in [1.54, 1.807) is 24.3 Å². The van der Waals surface area contributed by atoms with E-state index in [1.807, 2.05) is 0 Å². The number of aromatic amines is 1. The van der Waals surface area contributed by atoms with Crippen LogP contribution in [0.25, 0.3) is 11.4 Å². The van der Waals surface area contributed by atoms with Gasteiger partial charge in [0, 0.05) is 16.9 Å². The van der Waals surface area contributed by atoms with Gasteiger partial charge in [-0.2, -0.15) is 18.4 Å². The molecule has 0 aliphatic heterocycles. The fourth-order valence-electron chi connectivity index (χ4n) is 2.26. The number of hydrogen-bond donors (Lipinski definition) is 3. The number of rotatable bonds is 5. The zero-order valence-corrected chi connectivity index (χ0v) is 14.3. The van der Waals surface area contributed by atoms with Crippen LogP contribution in [0.1, 0.15) is 5.56 Å². The van der Waals surface area contributed by atoms with Gasteiger partial charge in [0.1, 0.15) is 0 Å². The molecule has 0 aliphatic carbocycles. The number of halogens is 4. The Kier molecular flexibility index (Phi) is 5.26. The number of tetrazole rings is 1. The van der Waals surface area contributed by atoms with Crippen LogP contribution in [0.15, 0.2) is 42.5 Å². The van der Waals surface area contributed by atoms with Crippen molar-refractivity contribution < 1.29 is 18.0 Å². The molecule has 3 rings (SSSR count). The van der Waals surface area contributed by atoms with E-state index < -0.39 is 22.7 Å². The predicted octanol–water partition coefficient (Wildman–Crippen LogP) is 3.59. The highest BCUT2D eigenvalue weighted by Gasteiger charge is 2.33. The summed E-state index contributed by atoms with van der Waals surface area (Å²) in [6, 6.07) is 10.1. The van der Waals surface area contributed by atoms with Gasteiger partial charge in [-0.1, -0.05) is 23.7 Å². The van der Waals surface area contributed by atoms with Crippen molar-refractivity contribution in [1.29, 1.82) is 0 Å². The monoisotopic (exact) mass is 396 g/mol. The molecule has 1 heterocycles. The lowest BCUT2D eigenvalue weighted by molar-refractivity contribution is -0.137. The number of nitrogens with zero attached hydrogens (tertiary/aromatic N) is 3. The topological polar surface area (TPSA) is 95.6 Å². The molecular weight excluding hydrogens is 385 g/mol. The summed E-state index contributed by atoms with van der Waals surface area (Å²) in [5.74, 6) is -0.126. The maximum atomic E-state index is 12.9. The lowest BCUT2D eigenvalue weighted by Gasteiger charge is -2.12. The molecule has 0 radical (unpaired) electrons. The van der Waals surface area contributed by atoms with Crippen molar-refractivity contribution in [2.24, 2.45) is 0 Å². The van der Waals surface area contributed by atoms with E-state index in [2.05, 4.69) is 31.3 Å². The summed E-state index contributed by atoms with van der Waals surface area (Å²) in [7, 11) is 0. The number of amides is 1. The fraction of sp³-hybridized carbons (Fsp3) is 0.125. The van der Waals surface area contributed by atoms with E-state index in [9.17, 15) is 18.0 Å². The van der Waals surface area contributed by atoms with Crippen molar-refractivity contribution in [1.82, 2.24) is 20.6 Å². The maximum absolute atomic E-state index is 12.9. The van der Waals surface area contributed by atoms with Gasteiger partial charge in [0.25, 0.3) is 0 Å². The Hall–Kier alpha value is -3.14. The lowest BCUT2D eigenvalue weighted by atomic mass is 10.2. The van der Waals surface area contributed by atoms with Crippen LogP contribution in [0.3, 0.4) is 0 Å². The lowest BCUT2D eigenvalue weighted by Crippen LogP contribution is -2.22. The van der Waals surface area contributed by atoms with Crippen LogP contribution in [0.4, 0.5) is 24.5 Å². The second-order valence-electron chi connectivity index (χ2n) is 5.41. The first-order chi connectivity index (χ1) is 12.8. The fourth-order valence-corrected chi connectivity index (χ4v) is 2.48. The van der Waals surface area contributed by atoms with Gasteiger partial charge >= 0.3 is 6.18 Å². The van der Waals surface area contributed by atoms with Crippen molar-refractivity contribution in [3.63, 3.8) is 0 Å². The number of nitrogens with one attached hydrogen (secondary N) is 3. The zero-order chi connectivity index (χ0) is 19.4. The molecule has 0 aliphatic rings. The van der Waals surface area contributed by atoms with Crippen LogP contribution < -0.4 is 10.6 Å². The van der Waals surface area contributed by atoms with Gasteiger partial charge in [-0.15, -0.1) is 10.2 Å². The average molecular weight is 397 g/mol. The summed E-state index contributed by atoms with van der Waals surface area (Å²) in [6.45, 7) is -0.153. The van der Waals surface area contributed by atoms with E-state index >= 15 is 0 Å². The van der Waals surface area contributed by atoms with E-state index in [0.29, 0.717) is 17.1 Å². The first-order valence-electron chi connectivity index (χ1n) is 7.57.